The van der Waals surface area contributed by atoms with Crippen molar-refractivity contribution in [1.29, 1.82) is 0 Å². The van der Waals surface area contributed by atoms with Crippen molar-refractivity contribution in [3.05, 3.63) is 40.8 Å². The minimum absolute atomic E-state index is 0.00624. The molecule has 1 aliphatic rings. The van der Waals surface area contributed by atoms with Gasteiger partial charge in [-0.05, 0) is 32.8 Å². The summed E-state index contributed by atoms with van der Waals surface area (Å²) in [4.78, 5) is 21.1. The van der Waals surface area contributed by atoms with Gasteiger partial charge >= 0.3 is 0 Å². The summed E-state index contributed by atoms with van der Waals surface area (Å²) >= 11 is 0. The van der Waals surface area contributed by atoms with Gasteiger partial charge in [0.1, 0.15) is 12.1 Å². The zero-order valence-corrected chi connectivity index (χ0v) is 16.3. The van der Waals surface area contributed by atoms with Gasteiger partial charge in [0.15, 0.2) is 0 Å². The van der Waals surface area contributed by atoms with E-state index in [9.17, 15) is 4.79 Å². The molecule has 148 valence electrons. The van der Waals surface area contributed by atoms with Crippen LogP contribution in [0.2, 0.25) is 0 Å². The van der Waals surface area contributed by atoms with E-state index >= 15 is 0 Å². The lowest BCUT2D eigenvalue weighted by Gasteiger charge is -2.18. The van der Waals surface area contributed by atoms with Crippen LogP contribution in [0, 0.1) is 26.7 Å². The molecule has 3 aromatic heterocycles. The zero-order chi connectivity index (χ0) is 19.7. The van der Waals surface area contributed by atoms with Gasteiger partial charge in [-0.1, -0.05) is 5.16 Å². The Morgan fingerprint density at radius 2 is 2.18 bits per heavy atom. The first-order chi connectivity index (χ1) is 13.5. The predicted octanol–water partition coefficient (Wildman–Crippen LogP) is 1.34. The van der Waals surface area contributed by atoms with Crippen molar-refractivity contribution in [2.24, 2.45) is 5.92 Å². The molecule has 0 saturated carbocycles. The summed E-state index contributed by atoms with van der Waals surface area (Å²) < 4.78 is 12.6. The minimum atomic E-state index is -0.0176. The molecule has 9 nitrogen and oxygen atoms in total. The Balaban J connectivity index is 1.36. The number of aryl methyl sites for hydroxylation is 3. The smallest absolute Gasteiger partial charge is 0.252 e. The number of amides is 1. The summed E-state index contributed by atoms with van der Waals surface area (Å²) in [6.45, 7) is 6.94. The Morgan fingerprint density at radius 3 is 2.96 bits per heavy atom. The predicted molar refractivity (Wildman–Crippen MR) is 99.8 cm³/mol. The molecule has 4 heterocycles. The van der Waals surface area contributed by atoms with E-state index in [2.05, 4.69) is 25.5 Å². The summed E-state index contributed by atoms with van der Waals surface area (Å²) in [6.07, 6.45) is 3.18. The molecule has 28 heavy (non-hydrogen) atoms. The van der Waals surface area contributed by atoms with E-state index in [1.807, 2.05) is 26.8 Å². The lowest BCUT2D eigenvalue weighted by Crippen LogP contribution is -2.40. The fraction of sp³-hybridized carbons (Fsp3) is 0.526. The Morgan fingerprint density at radius 1 is 1.32 bits per heavy atom. The first kappa shape index (κ1) is 18.5. The van der Waals surface area contributed by atoms with Gasteiger partial charge < -0.3 is 14.6 Å². The number of hydrogen-bond acceptors (Lipinski definition) is 7. The quantitative estimate of drug-likeness (QED) is 0.683. The summed E-state index contributed by atoms with van der Waals surface area (Å²) in [7, 11) is 0. The highest BCUT2D eigenvalue weighted by molar-refractivity contribution is 5.76. The molecule has 0 radical (unpaired) electrons. The molecular weight excluding hydrogens is 360 g/mol. The third kappa shape index (κ3) is 3.75. The molecule has 0 unspecified atom stereocenters. The lowest BCUT2D eigenvalue weighted by molar-refractivity contribution is -0.122. The summed E-state index contributed by atoms with van der Waals surface area (Å²) in [5, 5.41) is 11.2. The molecule has 0 spiro atoms. The number of aromatic nitrogens is 5. The van der Waals surface area contributed by atoms with Gasteiger partial charge in [0.05, 0.1) is 24.9 Å². The number of carbonyl (C=O) groups excluding carboxylic acids is 1. The van der Waals surface area contributed by atoms with Gasteiger partial charge in [0.2, 0.25) is 5.91 Å². The topological polar surface area (TPSA) is 107 Å². The third-order valence-corrected chi connectivity index (χ3v) is 5.28. The highest BCUT2D eigenvalue weighted by atomic mass is 16.5. The van der Waals surface area contributed by atoms with Crippen LogP contribution in [0.3, 0.4) is 0 Å². The number of carbonyl (C=O) groups is 1. The maximum Gasteiger partial charge on any atom is 0.252 e. The summed E-state index contributed by atoms with van der Waals surface area (Å²) in [6, 6.07) is 1.91. The van der Waals surface area contributed by atoms with Crippen LogP contribution < -0.4 is 5.32 Å². The average molecular weight is 384 g/mol. The molecule has 0 bridgehead atoms. The van der Waals surface area contributed by atoms with Gasteiger partial charge in [0, 0.05) is 36.2 Å². The fourth-order valence-electron chi connectivity index (χ4n) is 3.76. The lowest BCUT2D eigenvalue weighted by atomic mass is 9.97. The maximum absolute atomic E-state index is 12.6. The molecule has 1 aliphatic heterocycles. The second kappa shape index (κ2) is 7.67. The van der Waals surface area contributed by atoms with Crippen LogP contribution in [-0.2, 0) is 22.4 Å². The molecule has 1 fully saturated rings. The van der Waals surface area contributed by atoms with Crippen LogP contribution in [-0.4, -0.2) is 49.9 Å². The largest absolute Gasteiger partial charge is 0.379 e. The van der Waals surface area contributed by atoms with E-state index in [0.717, 1.165) is 28.4 Å². The van der Waals surface area contributed by atoms with E-state index < -0.39 is 0 Å². The molecule has 9 heteroatoms. The SMILES string of the molecule is Cc1cc(C[C@@H]2COC[C@@H]2NC(=O)CCc2c(C)nc3ncnn3c2C)on1. The molecule has 1 amide bonds. The first-order valence-corrected chi connectivity index (χ1v) is 9.46. The van der Waals surface area contributed by atoms with Crippen LogP contribution >= 0.6 is 0 Å². The molecular formula is C19H24N6O3. The van der Waals surface area contributed by atoms with Gasteiger partial charge in [0.25, 0.3) is 5.78 Å². The Kier molecular flexibility index (Phi) is 5.08. The second-order valence-corrected chi connectivity index (χ2v) is 7.34. The van der Waals surface area contributed by atoms with Crippen LogP contribution in [0.15, 0.2) is 16.9 Å². The number of nitrogens with one attached hydrogen (secondary N) is 1. The van der Waals surface area contributed by atoms with E-state index in [1.165, 1.54) is 6.33 Å². The van der Waals surface area contributed by atoms with Gasteiger partial charge in [-0.15, -0.1) is 0 Å². The average Bonchev–Trinajstić information content (AvgIpc) is 3.38. The standard InChI is InChI=1S/C19H24N6O3/c1-11-6-15(28-24-11)7-14-8-27-9-17(14)23-18(26)5-4-16-12(2)22-19-20-10-21-25(19)13(16)3/h6,10,14,17H,4-5,7-9H2,1-3H3,(H,23,26)/t14-,17+/m1/s1. The number of nitrogens with zero attached hydrogens (tertiary/aromatic N) is 5. The molecule has 0 aromatic carbocycles. The van der Waals surface area contributed by atoms with E-state index in [4.69, 9.17) is 9.26 Å². The van der Waals surface area contributed by atoms with Gasteiger partial charge in [-0.2, -0.15) is 10.1 Å². The first-order valence-electron chi connectivity index (χ1n) is 9.46. The van der Waals surface area contributed by atoms with Crippen LogP contribution in [0.1, 0.15) is 34.8 Å². The molecule has 1 saturated heterocycles. The van der Waals surface area contributed by atoms with Crippen LogP contribution in [0.4, 0.5) is 0 Å². The van der Waals surface area contributed by atoms with E-state index in [0.29, 0.717) is 38.3 Å². The van der Waals surface area contributed by atoms with Crippen molar-refractivity contribution in [1.82, 2.24) is 30.1 Å². The van der Waals surface area contributed by atoms with Crippen molar-refractivity contribution >= 4 is 11.7 Å². The monoisotopic (exact) mass is 384 g/mol. The van der Waals surface area contributed by atoms with Crippen molar-refractivity contribution < 1.29 is 14.1 Å². The summed E-state index contributed by atoms with van der Waals surface area (Å²) in [5.74, 6) is 1.60. The second-order valence-electron chi connectivity index (χ2n) is 7.34. The minimum Gasteiger partial charge on any atom is -0.379 e. The van der Waals surface area contributed by atoms with Crippen molar-refractivity contribution in [2.75, 3.05) is 13.2 Å². The Labute approximate surface area is 162 Å². The Hall–Kier alpha value is -2.81. The van der Waals surface area contributed by atoms with Gasteiger partial charge in [-0.25, -0.2) is 9.50 Å². The molecule has 4 rings (SSSR count). The fourth-order valence-corrected chi connectivity index (χ4v) is 3.76. The van der Waals surface area contributed by atoms with Gasteiger partial charge in [-0.3, -0.25) is 4.79 Å². The van der Waals surface area contributed by atoms with Crippen LogP contribution in [0.5, 0.6) is 0 Å². The third-order valence-electron chi connectivity index (χ3n) is 5.28. The number of rotatable bonds is 6. The molecule has 3 aromatic rings. The number of hydrogen-bond donors (Lipinski definition) is 1. The van der Waals surface area contributed by atoms with E-state index in [1.54, 1.807) is 4.52 Å². The molecule has 1 N–H and O–H groups in total. The van der Waals surface area contributed by atoms with E-state index in [-0.39, 0.29) is 17.9 Å². The van der Waals surface area contributed by atoms with Crippen LogP contribution in [0.25, 0.3) is 5.78 Å². The summed E-state index contributed by atoms with van der Waals surface area (Å²) in [5.41, 5.74) is 3.74. The zero-order valence-electron chi connectivity index (χ0n) is 16.3. The van der Waals surface area contributed by atoms with Crippen molar-refractivity contribution in [2.45, 2.75) is 46.1 Å². The highest BCUT2D eigenvalue weighted by Crippen LogP contribution is 2.20. The highest BCUT2D eigenvalue weighted by Gasteiger charge is 2.30. The maximum atomic E-state index is 12.6. The van der Waals surface area contributed by atoms with Crippen molar-refractivity contribution in [3.63, 3.8) is 0 Å². The molecule has 0 aliphatic carbocycles. The molecule has 2 atom stereocenters. The Bertz CT molecular complexity index is 995. The number of fused-ring (bicyclic) bond motifs is 1. The number of ether oxygens (including phenoxy) is 1. The van der Waals surface area contributed by atoms with Crippen molar-refractivity contribution in [3.8, 4) is 0 Å². The normalized spacial score (nSPS) is 19.4.